The molecule has 0 unspecified atom stereocenters. The van der Waals surface area contributed by atoms with Gasteiger partial charge in [-0.15, -0.1) is 0 Å². The van der Waals surface area contributed by atoms with Gasteiger partial charge in [0.15, 0.2) is 5.60 Å². The van der Waals surface area contributed by atoms with E-state index >= 15 is 0 Å². The normalized spacial score (nSPS) is 42.9. The Hall–Kier alpha value is -1.40. The van der Waals surface area contributed by atoms with Crippen LogP contribution in [0.2, 0.25) is 0 Å². The third-order valence-electron chi connectivity index (χ3n) is 5.97. The molecule has 0 saturated carbocycles. The van der Waals surface area contributed by atoms with Crippen LogP contribution in [-0.2, 0) is 19.1 Å². The molecular weight excluding hydrogens is 310 g/mol. The van der Waals surface area contributed by atoms with Crippen molar-refractivity contribution in [2.24, 2.45) is 11.8 Å². The Morgan fingerprint density at radius 2 is 2.00 bits per heavy atom. The molecule has 0 aliphatic carbocycles. The van der Waals surface area contributed by atoms with Crippen LogP contribution in [0.15, 0.2) is 11.6 Å². The number of aliphatic hydroxyl groups is 1. The molecule has 134 valence electrons. The van der Waals surface area contributed by atoms with Crippen LogP contribution in [0.25, 0.3) is 0 Å². The van der Waals surface area contributed by atoms with Crippen LogP contribution in [0.1, 0.15) is 40.0 Å². The summed E-state index contributed by atoms with van der Waals surface area (Å²) in [5, 5.41) is 10.6. The Labute approximate surface area is 142 Å². The van der Waals surface area contributed by atoms with Gasteiger partial charge >= 0.3 is 11.9 Å². The van der Waals surface area contributed by atoms with Crippen molar-refractivity contribution in [1.29, 1.82) is 0 Å². The minimum absolute atomic E-state index is 0.113. The largest absolute Gasteiger partial charge is 0.463 e. The average molecular weight is 337 g/mol. The van der Waals surface area contributed by atoms with E-state index in [-0.39, 0.29) is 37.1 Å². The van der Waals surface area contributed by atoms with Crippen LogP contribution in [0.4, 0.5) is 0 Å². The second-order valence-electron chi connectivity index (χ2n) is 7.47. The highest BCUT2D eigenvalue weighted by Gasteiger charge is 2.48. The molecule has 3 saturated heterocycles. The number of nitrogens with zero attached hydrogens (tertiary/aromatic N) is 1. The van der Waals surface area contributed by atoms with Crippen LogP contribution < -0.4 is 0 Å². The number of rotatable bonds is 0. The molecule has 0 aromatic rings. The highest BCUT2D eigenvalue weighted by molar-refractivity contribution is 5.89. The van der Waals surface area contributed by atoms with Crippen molar-refractivity contribution in [3.05, 3.63) is 11.6 Å². The fraction of sp³-hybridized carbons (Fsp3) is 0.778. The Balaban J connectivity index is 1.89. The van der Waals surface area contributed by atoms with Gasteiger partial charge in [-0.2, -0.15) is 0 Å². The minimum Gasteiger partial charge on any atom is -0.463 e. The lowest BCUT2D eigenvalue weighted by molar-refractivity contribution is -0.172. The quantitative estimate of drug-likeness (QED) is 0.530. The van der Waals surface area contributed by atoms with Crippen LogP contribution >= 0.6 is 0 Å². The molecule has 24 heavy (non-hydrogen) atoms. The second kappa shape index (κ2) is 6.48. The number of ether oxygens (including phenoxy) is 2. The number of cyclic esters (lactones) is 1. The van der Waals surface area contributed by atoms with E-state index in [1.54, 1.807) is 19.9 Å². The first-order valence-electron chi connectivity index (χ1n) is 8.84. The van der Waals surface area contributed by atoms with E-state index in [4.69, 9.17) is 9.47 Å². The van der Waals surface area contributed by atoms with E-state index in [1.165, 1.54) is 6.92 Å². The molecule has 5 atom stereocenters. The highest BCUT2D eigenvalue weighted by Crippen LogP contribution is 2.36. The summed E-state index contributed by atoms with van der Waals surface area (Å²) in [5.41, 5.74) is -1.12. The van der Waals surface area contributed by atoms with Crippen molar-refractivity contribution in [1.82, 2.24) is 4.90 Å². The molecule has 3 heterocycles. The Kier molecular flexibility index (Phi) is 4.71. The number of esters is 2. The van der Waals surface area contributed by atoms with Crippen molar-refractivity contribution in [2.45, 2.75) is 57.8 Å². The molecule has 0 aromatic carbocycles. The molecule has 3 aliphatic rings. The number of hydrogen-bond donors (Lipinski definition) is 1. The van der Waals surface area contributed by atoms with Crippen molar-refractivity contribution in [3.63, 3.8) is 0 Å². The van der Waals surface area contributed by atoms with Gasteiger partial charge in [0, 0.05) is 18.0 Å². The van der Waals surface area contributed by atoms with Gasteiger partial charge in [-0.25, -0.2) is 9.59 Å². The van der Waals surface area contributed by atoms with Gasteiger partial charge in [-0.3, -0.25) is 4.90 Å². The topological polar surface area (TPSA) is 76.1 Å². The van der Waals surface area contributed by atoms with Crippen molar-refractivity contribution < 1.29 is 24.2 Å². The van der Waals surface area contributed by atoms with Gasteiger partial charge in [0.05, 0.1) is 12.6 Å². The summed E-state index contributed by atoms with van der Waals surface area (Å²) in [5.74, 6) is -1.23. The molecule has 3 rings (SSSR count). The van der Waals surface area contributed by atoms with Gasteiger partial charge in [0.1, 0.15) is 6.10 Å². The summed E-state index contributed by atoms with van der Waals surface area (Å²) in [6.07, 6.45) is 3.59. The molecular formula is C18H27NO5. The summed E-state index contributed by atoms with van der Waals surface area (Å²) in [7, 11) is 0. The summed E-state index contributed by atoms with van der Waals surface area (Å²) < 4.78 is 11.3. The molecule has 0 radical (unpaired) electrons. The number of carbonyl (C=O) groups excluding carboxylic acids is 2. The maximum absolute atomic E-state index is 12.6. The lowest BCUT2D eigenvalue weighted by Crippen LogP contribution is -2.46. The van der Waals surface area contributed by atoms with Crippen molar-refractivity contribution in [2.75, 3.05) is 19.7 Å². The Bertz CT molecular complexity index is 556. The van der Waals surface area contributed by atoms with Crippen molar-refractivity contribution >= 4 is 11.9 Å². The van der Waals surface area contributed by atoms with E-state index in [9.17, 15) is 14.7 Å². The van der Waals surface area contributed by atoms with Gasteiger partial charge in [-0.05, 0) is 45.6 Å². The van der Waals surface area contributed by atoms with Crippen LogP contribution in [0.5, 0.6) is 0 Å². The third-order valence-corrected chi connectivity index (χ3v) is 5.97. The van der Waals surface area contributed by atoms with Crippen LogP contribution in [-0.4, -0.2) is 59.4 Å². The van der Waals surface area contributed by atoms with E-state index in [0.29, 0.717) is 5.57 Å². The van der Waals surface area contributed by atoms with Gasteiger partial charge in [0.2, 0.25) is 0 Å². The van der Waals surface area contributed by atoms with E-state index < -0.39 is 17.5 Å². The first-order chi connectivity index (χ1) is 11.3. The lowest BCUT2D eigenvalue weighted by Gasteiger charge is -2.32. The molecule has 3 fully saturated rings. The van der Waals surface area contributed by atoms with Crippen LogP contribution in [0, 0.1) is 11.8 Å². The first kappa shape index (κ1) is 17.4. The molecule has 0 amide bonds. The molecule has 0 aromatic heterocycles. The SMILES string of the molecule is C/C=C1\C[C@H](C)[C@](C)(O)C(=O)OC[C@@H]2CCN3CC[C@H](OC1=O)[C@H]23. The first-order valence-corrected chi connectivity index (χ1v) is 8.84. The summed E-state index contributed by atoms with van der Waals surface area (Å²) in [4.78, 5) is 27.3. The van der Waals surface area contributed by atoms with Gasteiger partial charge < -0.3 is 14.6 Å². The zero-order valence-electron chi connectivity index (χ0n) is 14.7. The molecule has 0 bridgehead atoms. The summed E-state index contributed by atoms with van der Waals surface area (Å²) in [6, 6.07) is 0.113. The standard InChI is InChI=1S/C18H27NO5/c1-4-12-9-11(2)18(3,22)17(21)23-10-13-5-7-19-8-6-14(15(13)19)24-16(12)20/h4,11,13-15,22H,5-10H2,1-3H3/b12-4+/t11-,13-,14-,15-,18-/m0/s1. The third kappa shape index (κ3) is 2.97. The van der Waals surface area contributed by atoms with Gasteiger partial charge in [0.25, 0.3) is 0 Å². The summed E-state index contributed by atoms with van der Waals surface area (Å²) >= 11 is 0. The predicted octanol–water partition coefficient (Wildman–Crippen LogP) is 1.27. The number of allylic oxidation sites excluding steroid dienone is 1. The van der Waals surface area contributed by atoms with E-state index in [1.807, 2.05) is 0 Å². The lowest BCUT2D eigenvalue weighted by atomic mass is 9.85. The molecule has 6 heteroatoms. The molecule has 6 nitrogen and oxygen atoms in total. The van der Waals surface area contributed by atoms with E-state index in [2.05, 4.69) is 4.90 Å². The maximum atomic E-state index is 12.6. The number of carbonyl (C=O) groups is 2. The maximum Gasteiger partial charge on any atom is 0.338 e. The minimum atomic E-state index is -1.62. The fourth-order valence-corrected chi connectivity index (χ4v) is 4.11. The Morgan fingerprint density at radius 3 is 2.71 bits per heavy atom. The van der Waals surface area contributed by atoms with E-state index in [0.717, 1.165) is 25.9 Å². The smallest absolute Gasteiger partial charge is 0.338 e. The second-order valence-corrected chi connectivity index (χ2v) is 7.47. The monoisotopic (exact) mass is 337 g/mol. The highest BCUT2D eigenvalue weighted by atomic mass is 16.6. The molecule has 0 spiro atoms. The fourth-order valence-electron chi connectivity index (χ4n) is 4.11. The van der Waals surface area contributed by atoms with Gasteiger partial charge in [-0.1, -0.05) is 13.0 Å². The molecule has 3 aliphatic heterocycles. The zero-order valence-corrected chi connectivity index (χ0v) is 14.7. The number of hydrogen-bond acceptors (Lipinski definition) is 6. The predicted molar refractivity (Wildman–Crippen MR) is 87.1 cm³/mol. The van der Waals surface area contributed by atoms with Crippen LogP contribution in [0.3, 0.4) is 0 Å². The zero-order chi connectivity index (χ0) is 17.5. The molecule has 1 N–H and O–H groups in total. The summed E-state index contributed by atoms with van der Waals surface area (Å²) in [6.45, 7) is 7.11. The van der Waals surface area contributed by atoms with Crippen molar-refractivity contribution in [3.8, 4) is 0 Å². The Morgan fingerprint density at radius 1 is 1.29 bits per heavy atom. The average Bonchev–Trinajstić information content (AvgIpc) is 3.12.